The van der Waals surface area contributed by atoms with Gasteiger partial charge >= 0.3 is 0 Å². The summed E-state index contributed by atoms with van der Waals surface area (Å²) in [6.07, 6.45) is 2.42. The van der Waals surface area contributed by atoms with E-state index in [-0.39, 0.29) is 5.41 Å². The summed E-state index contributed by atoms with van der Waals surface area (Å²) in [6.45, 7) is 10.8. The molecule has 1 aromatic heterocycles. The van der Waals surface area contributed by atoms with Crippen molar-refractivity contribution in [3.63, 3.8) is 0 Å². The van der Waals surface area contributed by atoms with E-state index >= 15 is 0 Å². The lowest BCUT2D eigenvalue weighted by Crippen LogP contribution is -2.34. The molecule has 18 heavy (non-hydrogen) atoms. The van der Waals surface area contributed by atoms with Crippen LogP contribution in [0.25, 0.3) is 0 Å². The van der Waals surface area contributed by atoms with Crippen LogP contribution in [-0.2, 0) is 5.41 Å². The normalized spacial score (nSPS) is 18.2. The van der Waals surface area contributed by atoms with Gasteiger partial charge in [0.15, 0.2) is 0 Å². The number of rotatable bonds is 1. The van der Waals surface area contributed by atoms with Gasteiger partial charge in [-0.1, -0.05) is 39.3 Å². The van der Waals surface area contributed by atoms with Crippen LogP contribution in [0.3, 0.4) is 0 Å². The summed E-state index contributed by atoms with van der Waals surface area (Å²) >= 11 is 6.13. The first kappa shape index (κ1) is 13.6. The quantitative estimate of drug-likeness (QED) is 0.727. The first-order chi connectivity index (χ1) is 8.36. The number of halogens is 1. The molecule has 2 rings (SSSR count). The fourth-order valence-corrected chi connectivity index (χ4v) is 2.32. The molecule has 0 atom stereocenters. The van der Waals surface area contributed by atoms with Gasteiger partial charge in [-0.3, -0.25) is 0 Å². The van der Waals surface area contributed by atoms with E-state index in [0.29, 0.717) is 5.15 Å². The fourth-order valence-electron chi connectivity index (χ4n) is 2.14. The van der Waals surface area contributed by atoms with Gasteiger partial charge in [0.1, 0.15) is 5.15 Å². The molecule has 0 bridgehead atoms. The van der Waals surface area contributed by atoms with E-state index in [2.05, 4.69) is 42.6 Å². The highest BCUT2D eigenvalue weighted by atomic mass is 35.5. The van der Waals surface area contributed by atoms with Crippen LogP contribution in [0.1, 0.15) is 46.2 Å². The van der Waals surface area contributed by atoms with E-state index in [1.54, 1.807) is 0 Å². The number of nitrogens with zero attached hydrogens (tertiary/aromatic N) is 3. The van der Waals surface area contributed by atoms with Crippen molar-refractivity contribution < 1.29 is 0 Å². The van der Waals surface area contributed by atoms with Crippen LogP contribution in [0.2, 0.25) is 5.15 Å². The summed E-state index contributed by atoms with van der Waals surface area (Å²) in [5.41, 5.74) is 1.01. The lowest BCUT2D eigenvalue weighted by atomic mass is 9.92. The first-order valence-corrected chi connectivity index (χ1v) is 7.04. The van der Waals surface area contributed by atoms with E-state index in [4.69, 9.17) is 11.6 Å². The molecule has 1 aliphatic rings. The topological polar surface area (TPSA) is 29.0 Å². The number of piperidine rings is 1. The minimum atomic E-state index is 0.00437. The van der Waals surface area contributed by atoms with Crippen molar-refractivity contribution in [2.24, 2.45) is 5.92 Å². The number of aromatic nitrogens is 2. The van der Waals surface area contributed by atoms with Crippen molar-refractivity contribution in [3.05, 3.63) is 16.9 Å². The van der Waals surface area contributed by atoms with Crippen molar-refractivity contribution in [1.82, 2.24) is 9.97 Å². The maximum atomic E-state index is 6.13. The third-order valence-corrected chi connectivity index (χ3v) is 3.71. The summed E-state index contributed by atoms with van der Waals surface area (Å²) in [7, 11) is 0. The zero-order chi connectivity index (χ0) is 13.3. The fraction of sp³-hybridized carbons (Fsp3) is 0.714. The van der Waals surface area contributed by atoms with E-state index in [0.717, 1.165) is 30.6 Å². The van der Waals surface area contributed by atoms with Crippen LogP contribution in [0.4, 0.5) is 5.95 Å². The van der Waals surface area contributed by atoms with Crippen LogP contribution < -0.4 is 4.90 Å². The molecule has 0 aliphatic carbocycles. The summed E-state index contributed by atoms with van der Waals surface area (Å²) in [4.78, 5) is 11.3. The highest BCUT2D eigenvalue weighted by Crippen LogP contribution is 2.26. The molecule has 0 N–H and O–H groups in total. The number of anilines is 1. The van der Waals surface area contributed by atoms with E-state index in [1.807, 2.05) is 6.07 Å². The second-order valence-electron chi connectivity index (χ2n) is 6.30. The number of hydrogen-bond acceptors (Lipinski definition) is 3. The van der Waals surface area contributed by atoms with Gasteiger partial charge in [-0.15, -0.1) is 0 Å². The highest BCUT2D eigenvalue weighted by molar-refractivity contribution is 6.29. The Hall–Kier alpha value is -0.830. The maximum absolute atomic E-state index is 6.13. The van der Waals surface area contributed by atoms with Gasteiger partial charge in [0, 0.05) is 18.5 Å². The minimum absolute atomic E-state index is 0.00437. The molecule has 3 nitrogen and oxygen atoms in total. The standard InChI is InChI=1S/C14H22ClN3/c1-10-5-7-18(8-6-10)13-16-11(14(2,3)4)9-12(15)17-13/h9-10H,5-8H2,1-4H3. The second kappa shape index (κ2) is 5.04. The molecule has 1 saturated heterocycles. The molecule has 2 heterocycles. The minimum Gasteiger partial charge on any atom is -0.341 e. The predicted octanol–water partition coefficient (Wildman–Crippen LogP) is 3.66. The molecule has 0 saturated carbocycles. The largest absolute Gasteiger partial charge is 0.341 e. The summed E-state index contributed by atoms with van der Waals surface area (Å²) < 4.78 is 0. The third-order valence-electron chi connectivity index (χ3n) is 3.52. The Kier molecular flexibility index (Phi) is 3.81. The Morgan fingerprint density at radius 1 is 1.22 bits per heavy atom. The Balaban J connectivity index is 2.25. The Bertz CT molecular complexity index is 418. The van der Waals surface area contributed by atoms with E-state index in [1.165, 1.54) is 12.8 Å². The van der Waals surface area contributed by atoms with Gasteiger partial charge in [-0.25, -0.2) is 9.97 Å². The molecule has 0 amide bonds. The molecular formula is C14H22ClN3. The van der Waals surface area contributed by atoms with Crippen LogP contribution >= 0.6 is 11.6 Å². The average Bonchev–Trinajstić information content (AvgIpc) is 2.28. The summed E-state index contributed by atoms with van der Waals surface area (Å²) in [5, 5.41) is 0.545. The van der Waals surface area contributed by atoms with Crippen molar-refractivity contribution >= 4 is 17.5 Å². The molecule has 1 aliphatic heterocycles. The van der Waals surface area contributed by atoms with Crippen LogP contribution in [0.5, 0.6) is 0 Å². The van der Waals surface area contributed by atoms with E-state index in [9.17, 15) is 0 Å². The summed E-state index contributed by atoms with van der Waals surface area (Å²) in [6, 6.07) is 1.87. The average molecular weight is 268 g/mol. The van der Waals surface area contributed by atoms with Gasteiger partial charge in [-0.2, -0.15) is 0 Å². The van der Waals surface area contributed by atoms with Crippen LogP contribution in [0.15, 0.2) is 6.07 Å². The van der Waals surface area contributed by atoms with Gasteiger partial charge in [0.25, 0.3) is 0 Å². The zero-order valence-electron chi connectivity index (χ0n) is 11.7. The second-order valence-corrected chi connectivity index (χ2v) is 6.68. The zero-order valence-corrected chi connectivity index (χ0v) is 12.5. The monoisotopic (exact) mass is 267 g/mol. The third kappa shape index (κ3) is 3.14. The van der Waals surface area contributed by atoms with Crippen molar-refractivity contribution in [2.75, 3.05) is 18.0 Å². The van der Waals surface area contributed by atoms with E-state index < -0.39 is 0 Å². The maximum Gasteiger partial charge on any atom is 0.227 e. The van der Waals surface area contributed by atoms with Crippen molar-refractivity contribution in [2.45, 2.75) is 46.0 Å². The Labute approximate surface area is 115 Å². The first-order valence-electron chi connectivity index (χ1n) is 6.66. The van der Waals surface area contributed by atoms with Crippen LogP contribution in [0, 0.1) is 5.92 Å². The molecule has 0 spiro atoms. The molecule has 100 valence electrons. The highest BCUT2D eigenvalue weighted by Gasteiger charge is 2.22. The number of hydrogen-bond donors (Lipinski definition) is 0. The molecule has 0 aromatic carbocycles. The van der Waals surface area contributed by atoms with Crippen LogP contribution in [-0.4, -0.2) is 23.1 Å². The molecule has 1 aromatic rings. The molecule has 1 fully saturated rings. The Morgan fingerprint density at radius 3 is 2.39 bits per heavy atom. The molecular weight excluding hydrogens is 246 g/mol. The SMILES string of the molecule is CC1CCN(c2nc(Cl)cc(C(C)(C)C)n2)CC1. The van der Waals surface area contributed by atoms with Gasteiger partial charge in [0.2, 0.25) is 5.95 Å². The van der Waals surface area contributed by atoms with Gasteiger partial charge < -0.3 is 4.90 Å². The van der Waals surface area contributed by atoms with Crippen molar-refractivity contribution in [1.29, 1.82) is 0 Å². The van der Waals surface area contributed by atoms with Gasteiger partial charge in [-0.05, 0) is 24.8 Å². The lowest BCUT2D eigenvalue weighted by molar-refractivity contribution is 0.433. The molecule has 0 radical (unpaired) electrons. The smallest absolute Gasteiger partial charge is 0.227 e. The van der Waals surface area contributed by atoms with Crippen molar-refractivity contribution in [3.8, 4) is 0 Å². The lowest BCUT2D eigenvalue weighted by Gasteiger charge is -2.31. The summed E-state index contributed by atoms with van der Waals surface area (Å²) in [5.74, 6) is 1.60. The molecule has 4 heteroatoms. The van der Waals surface area contributed by atoms with Gasteiger partial charge in [0.05, 0.1) is 5.69 Å². The molecule has 0 unspecified atom stereocenters. The predicted molar refractivity (Wildman–Crippen MR) is 76.4 cm³/mol. The Morgan fingerprint density at radius 2 is 1.83 bits per heavy atom.